The van der Waals surface area contributed by atoms with Crippen LogP contribution in [0.2, 0.25) is 0 Å². The first kappa shape index (κ1) is 23.6. The molecule has 1 fully saturated rings. The third kappa shape index (κ3) is 4.21. The summed E-state index contributed by atoms with van der Waals surface area (Å²) in [5, 5.41) is 19.6. The number of aliphatic imine (C=N–C) groups is 1. The Hall–Kier alpha value is -4.15. The highest BCUT2D eigenvalue weighted by Gasteiger charge is 2.38. The lowest BCUT2D eigenvalue weighted by Gasteiger charge is -2.30. The van der Waals surface area contributed by atoms with E-state index in [0.717, 1.165) is 0 Å². The molecule has 0 bridgehead atoms. The number of methoxy groups -OCH3 is 1. The predicted molar refractivity (Wildman–Crippen MR) is 131 cm³/mol. The number of ether oxygens (including phenoxy) is 2. The number of aliphatic hydroxyl groups excluding tert-OH is 1. The number of phenolic OH excluding ortho intramolecular Hbond substituents is 1. The van der Waals surface area contributed by atoms with E-state index in [0.29, 0.717) is 18.3 Å². The van der Waals surface area contributed by atoms with Crippen LogP contribution >= 0.6 is 0 Å². The van der Waals surface area contributed by atoms with Crippen LogP contribution in [0, 0.1) is 0 Å². The van der Waals surface area contributed by atoms with Crippen LogP contribution in [0.4, 0.5) is 5.82 Å². The Morgan fingerprint density at radius 3 is 2.81 bits per heavy atom. The maximum Gasteiger partial charge on any atom is 0.237 e. The summed E-state index contributed by atoms with van der Waals surface area (Å²) < 4.78 is 40.2. The average molecular weight is 511 g/mol. The Morgan fingerprint density at radius 2 is 2.08 bits per heavy atom. The van der Waals surface area contributed by atoms with E-state index in [1.807, 2.05) is 6.92 Å². The first-order valence-corrected chi connectivity index (χ1v) is 12.6. The quantitative estimate of drug-likeness (QED) is 0.403. The minimum absolute atomic E-state index is 0.0439. The zero-order valence-corrected chi connectivity index (χ0v) is 20.2. The number of sulfonamides is 1. The SMILES string of the molecule is CCOC1=NC(c2nc3ncc(NS(=O)(=O)[C@H]4C[C@H](O)C4)nc3n2-c2c(O)cccc2OC)=C=C=C1. The minimum atomic E-state index is -3.79. The second kappa shape index (κ2) is 9.14. The number of hydrogen-bond acceptors (Lipinski definition) is 10. The summed E-state index contributed by atoms with van der Waals surface area (Å²) in [6.07, 6.45) is 2.44. The van der Waals surface area contributed by atoms with Crippen molar-refractivity contribution in [2.45, 2.75) is 31.1 Å². The number of anilines is 1. The van der Waals surface area contributed by atoms with Gasteiger partial charge in [0, 0.05) is 0 Å². The molecule has 5 rings (SSSR count). The molecule has 0 unspecified atom stereocenters. The second-order valence-electron chi connectivity index (χ2n) is 8.04. The van der Waals surface area contributed by atoms with Gasteiger partial charge in [-0.1, -0.05) is 11.8 Å². The molecule has 0 amide bonds. The Bertz CT molecular complexity index is 1590. The molecule has 2 aromatic heterocycles. The van der Waals surface area contributed by atoms with E-state index in [1.54, 1.807) is 12.1 Å². The van der Waals surface area contributed by atoms with Crippen LogP contribution in [-0.2, 0) is 14.8 Å². The molecule has 3 aromatic rings. The number of aromatic nitrogens is 4. The fourth-order valence-electron chi connectivity index (χ4n) is 3.86. The van der Waals surface area contributed by atoms with Crippen molar-refractivity contribution in [3.8, 4) is 17.2 Å². The Kier molecular flexibility index (Phi) is 5.99. The third-order valence-electron chi connectivity index (χ3n) is 5.66. The first-order valence-electron chi connectivity index (χ1n) is 11.1. The number of nitrogens with one attached hydrogen (secondary N) is 1. The summed E-state index contributed by atoms with van der Waals surface area (Å²) in [4.78, 5) is 17.7. The molecule has 2 aliphatic rings. The van der Waals surface area contributed by atoms with E-state index in [2.05, 4.69) is 36.1 Å². The highest BCUT2D eigenvalue weighted by atomic mass is 32.2. The normalized spacial score (nSPS) is 19.0. The maximum absolute atomic E-state index is 12.7. The molecule has 1 aliphatic carbocycles. The number of para-hydroxylation sites is 1. The fourth-order valence-corrected chi connectivity index (χ4v) is 5.36. The van der Waals surface area contributed by atoms with Crippen molar-refractivity contribution in [2.75, 3.05) is 18.4 Å². The number of fused-ring (bicyclic) bond motifs is 1. The smallest absolute Gasteiger partial charge is 0.237 e. The molecular formula is C23H22N6O6S. The number of hydrogen-bond donors (Lipinski definition) is 3. The molecule has 13 heteroatoms. The van der Waals surface area contributed by atoms with Gasteiger partial charge in [0.1, 0.15) is 17.2 Å². The molecule has 3 N–H and O–H groups in total. The van der Waals surface area contributed by atoms with Crippen molar-refractivity contribution in [1.82, 2.24) is 19.5 Å². The first-order chi connectivity index (χ1) is 17.3. The van der Waals surface area contributed by atoms with Crippen molar-refractivity contribution >= 4 is 38.7 Å². The third-order valence-corrected chi connectivity index (χ3v) is 7.42. The number of benzene rings is 1. The second-order valence-corrected chi connectivity index (χ2v) is 10.0. The van der Waals surface area contributed by atoms with E-state index < -0.39 is 21.4 Å². The molecule has 186 valence electrons. The standard InChI is InChI=1S/C23H22N6O6S/c1-3-35-19-9-4-6-15(25-19)22-27-21-23(29(22)20-16(31)7-5-8-17(20)34-2)26-18(12-24-21)28-36(32,33)14-10-13(30)11-14/h5,7-9,12-14,30-31H,3,10-11H2,1-2H3,(H,26,28)/t13-,14-. The summed E-state index contributed by atoms with van der Waals surface area (Å²) in [5.41, 5.74) is 6.45. The lowest BCUT2D eigenvalue weighted by molar-refractivity contribution is 0.0979. The zero-order chi connectivity index (χ0) is 25.4. The number of imidazole rings is 1. The summed E-state index contributed by atoms with van der Waals surface area (Å²) in [5.74, 6) is 0.612. The number of aliphatic hydroxyl groups is 1. The molecule has 0 spiro atoms. The van der Waals surface area contributed by atoms with E-state index in [4.69, 9.17) is 9.47 Å². The number of phenols is 1. The fraction of sp³-hybridized carbons (Fsp3) is 0.304. The topological polar surface area (TPSA) is 161 Å². The van der Waals surface area contributed by atoms with Crippen molar-refractivity contribution < 1.29 is 28.1 Å². The van der Waals surface area contributed by atoms with Crippen LogP contribution in [0.5, 0.6) is 11.5 Å². The van der Waals surface area contributed by atoms with Gasteiger partial charge < -0.3 is 19.7 Å². The summed E-state index contributed by atoms with van der Waals surface area (Å²) >= 11 is 0. The molecular weight excluding hydrogens is 488 g/mol. The molecule has 0 saturated heterocycles. The summed E-state index contributed by atoms with van der Waals surface area (Å²) in [6, 6.07) is 4.73. The zero-order valence-electron chi connectivity index (χ0n) is 19.3. The average Bonchev–Trinajstić information content (AvgIpc) is 3.20. The molecule has 36 heavy (non-hydrogen) atoms. The Morgan fingerprint density at radius 1 is 1.28 bits per heavy atom. The van der Waals surface area contributed by atoms with Crippen LogP contribution in [0.1, 0.15) is 25.6 Å². The van der Waals surface area contributed by atoms with Gasteiger partial charge in [-0.25, -0.2) is 28.4 Å². The van der Waals surface area contributed by atoms with Crippen molar-refractivity contribution in [3.63, 3.8) is 0 Å². The largest absolute Gasteiger partial charge is 0.506 e. The summed E-state index contributed by atoms with van der Waals surface area (Å²) in [7, 11) is -2.34. The number of rotatable bonds is 7. The molecule has 12 nitrogen and oxygen atoms in total. The van der Waals surface area contributed by atoms with E-state index in [-0.39, 0.29) is 52.9 Å². The Labute approximate surface area is 206 Å². The van der Waals surface area contributed by atoms with Crippen LogP contribution in [0.15, 0.2) is 46.9 Å². The van der Waals surface area contributed by atoms with Gasteiger partial charge in [0.2, 0.25) is 15.9 Å². The monoisotopic (exact) mass is 510 g/mol. The molecule has 1 aromatic carbocycles. The number of nitrogens with zero attached hydrogens (tertiary/aromatic N) is 5. The molecule has 0 atom stereocenters. The van der Waals surface area contributed by atoms with E-state index in [9.17, 15) is 18.6 Å². The number of aromatic hydroxyl groups is 1. The van der Waals surface area contributed by atoms with Gasteiger partial charge >= 0.3 is 0 Å². The van der Waals surface area contributed by atoms with Crippen LogP contribution < -0.4 is 9.46 Å². The van der Waals surface area contributed by atoms with Crippen LogP contribution in [0.25, 0.3) is 22.7 Å². The van der Waals surface area contributed by atoms with Gasteiger partial charge in [0.05, 0.1) is 37.3 Å². The highest BCUT2D eigenvalue weighted by Crippen LogP contribution is 2.37. The van der Waals surface area contributed by atoms with Gasteiger partial charge in [0.25, 0.3) is 0 Å². The van der Waals surface area contributed by atoms with Crippen molar-refractivity contribution in [1.29, 1.82) is 0 Å². The van der Waals surface area contributed by atoms with Gasteiger partial charge in [-0.3, -0.25) is 9.29 Å². The van der Waals surface area contributed by atoms with Gasteiger partial charge in [-0.05, 0) is 37.6 Å². The lowest BCUT2D eigenvalue weighted by Crippen LogP contribution is -2.42. The minimum Gasteiger partial charge on any atom is -0.506 e. The van der Waals surface area contributed by atoms with E-state index in [1.165, 1.54) is 30.0 Å². The van der Waals surface area contributed by atoms with E-state index >= 15 is 0 Å². The Balaban J connectivity index is 1.70. The molecule has 1 saturated carbocycles. The highest BCUT2D eigenvalue weighted by molar-refractivity contribution is 7.93. The van der Waals surface area contributed by atoms with Gasteiger partial charge in [-0.2, -0.15) is 0 Å². The molecule has 3 heterocycles. The summed E-state index contributed by atoms with van der Waals surface area (Å²) in [6.45, 7) is 2.21. The van der Waals surface area contributed by atoms with Crippen molar-refractivity contribution in [2.24, 2.45) is 4.99 Å². The molecule has 0 radical (unpaired) electrons. The maximum atomic E-state index is 12.7. The van der Waals surface area contributed by atoms with Crippen LogP contribution in [-0.4, -0.2) is 69.1 Å². The predicted octanol–water partition coefficient (Wildman–Crippen LogP) is 1.89. The van der Waals surface area contributed by atoms with Gasteiger partial charge in [0.15, 0.2) is 28.6 Å². The lowest BCUT2D eigenvalue weighted by atomic mass is 9.96. The van der Waals surface area contributed by atoms with Gasteiger partial charge in [-0.15, -0.1) is 0 Å². The van der Waals surface area contributed by atoms with Crippen molar-refractivity contribution in [3.05, 3.63) is 47.8 Å². The van der Waals surface area contributed by atoms with Crippen LogP contribution in [0.3, 0.4) is 0 Å². The molecule has 1 aliphatic heterocycles.